The van der Waals surface area contributed by atoms with Gasteiger partial charge in [0.05, 0.1) is 11.6 Å². The van der Waals surface area contributed by atoms with E-state index in [-0.39, 0.29) is 6.04 Å². The Morgan fingerprint density at radius 1 is 1.36 bits per heavy atom. The lowest BCUT2D eigenvalue weighted by Gasteiger charge is -2.33. The standard InChI is InChI=1S/C20H21ClN4O3/c1-24-16-11-13(7-8-14(16)19(21)23-24)12-28-17-6-4-9-22-18(17)15-5-2-3-10-25(15)20(26)27/h4,6-9,11,15H,2-3,5,10,12H2,1H3,(H,26,27). The Balaban J connectivity index is 1.57. The van der Waals surface area contributed by atoms with Crippen LogP contribution in [0.15, 0.2) is 36.5 Å². The van der Waals surface area contributed by atoms with Crippen LogP contribution in [0.2, 0.25) is 5.15 Å². The summed E-state index contributed by atoms with van der Waals surface area (Å²) < 4.78 is 7.79. The lowest BCUT2D eigenvalue weighted by molar-refractivity contribution is 0.103. The Kier molecular flexibility index (Phi) is 5.09. The second-order valence-electron chi connectivity index (χ2n) is 6.93. The second-order valence-corrected chi connectivity index (χ2v) is 7.29. The minimum atomic E-state index is -0.917. The molecule has 0 bridgehead atoms. The van der Waals surface area contributed by atoms with E-state index in [0.717, 1.165) is 35.7 Å². The smallest absolute Gasteiger partial charge is 0.407 e. The number of pyridine rings is 1. The molecule has 1 aliphatic heterocycles. The fraction of sp³-hybridized carbons (Fsp3) is 0.350. The number of fused-ring (bicyclic) bond motifs is 1. The summed E-state index contributed by atoms with van der Waals surface area (Å²) in [5.74, 6) is 0.615. The lowest BCUT2D eigenvalue weighted by Crippen LogP contribution is -2.38. The molecule has 1 amide bonds. The van der Waals surface area contributed by atoms with Crippen LogP contribution in [0.1, 0.15) is 36.6 Å². The van der Waals surface area contributed by atoms with Gasteiger partial charge < -0.3 is 9.84 Å². The molecule has 28 heavy (non-hydrogen) atoms. The van der Waals surface area contributed by atoms with E-state index in [9.17, 15) is 9.90 Å². The number of aryl methyl sites for hydroxylation is 1. The van der Waals surface area contributed by atoms with Gasteiger partial charge >= 0.3 is 6.09 Å². The number of carboxylic acid groups (broad SMARTS) is 1. The molecule has 8 heteroatoms. The van der Waals surface area contributed by atoms with Gasteiger partial charge in [-0.25, -0.2) is 4.79 Å². The molecule has 0 saturated carbocycles. The highest BCUT2D eigenvalue weighted by Crippen LogP contribution is 2.35. The van der Waals surface area contributed by atoms with Gasteiger partial charge in [-0.05, 0) is 49.1 Å². The SMILES string of the molecule is Cn1nc(Cl)c2ccc(COc3cccnc3C3CCCCN3C(=O)O)cc21. The number of aromatic nitrogens is 3. The zero-order valence-corrected chi connectivity index (χ0v) is 16.3. The fourth-order valence-electron chi connectivity index (χ4n) is 3.73. The van der Waals surface area contributed by atoms with Crippen LogP contribution in [-0.4, -0.2) is 37.4 Å². The topological polar surface area (TPSA) is 80.5 Å². The van der Waals surface area contributed by atoms with Crippen LogP contribution in [0.5, 0.6) is 5.75 Å². The maximum Gasteiger partial charge on any atom is 0.407 e. The first kappa shape index (κ1) is 18.6. The summed E-state index contributed by atoms with van der Waals surface area (Å²) in [6.45, 7) is 0.866. The van der Waals surface area contributed by atoms with E-state index in [1.54, 1.807) is 16.9 Å². The predicted molar refractivity (Wildman–Crippen MR) is 106 cm³/mol. The van der Waals surface area contributed by atoms with E-state index in [0.29, 0.717) is 29.7 Å². The van der Waals surface area contributed by atoms with Crippen molar-refractivity contribution in [3.05, 3.63) is 52.9 Å². The van der Waals surface area contributed by atoms with E-state index >= 15 is 0 Å². The van der Waals surface area contributed by atoms with Crippen molar-refractivity contribution < 1.29 is 14.6 Å². The van der Waals surface area contributed by atoms with E-state index < -0.39 is 6.09 Å². The second kappa shape index (κ2) is 7.67. The van der Waals surface area contributed by atoms with E-state index in [4.69, 9.17) is 16.3 Å². The lowest BCUT2D eigenvalue weighted by atomic mass is 9.99. The summed E-state index contributed by atoms with van der Waals surface area (Å²) in [5, 5.41) is 15.1. The molecule has 146 valence electrons. The molecule has 7 nitrogen and oxygen atoms in total. The molecule has 1 N–H and O–H groups in total. The van der Waals surface area contributed by atoms with Crippen LogP contribution in [-0.2, 0) is 13.7 Å². The van der Waals surface area contributed by atoms with Crippen LogP contribution in [0.25, 0.3) is 10.9 Å². The first-order valence-electron chi connectivity index (χ1n) is 9.23. The Morgan fingerprint density at radius 2 is 2.21 bits per heavy atom. The van der Waals surface area contributed by atoms with Crippen LogP contribution in [0.4, 0.5) is 4.79 Å². The molecule has 2 aromatic heterocycles. The highest BCUT2D eigenvalue weighted by molar-refractivity contribution is 6.34. The number of piperidine rings is 1. The molecule has 0 radical (unpaired) electrons. The van der Waals surface area contributed by atoms with Gasteiger partial charge in [-0.1, -0.05) is 17.7 Å². The third-order valence-corrected chi connectivity index (χ3v) is 5.41. The Morgan fingerprint density at radius 3 is 3.04 bits per heavy atom. The molecule has 1 aliphatic rings. The van der Waals surface area contributed by atoms with Crippen LogP contribution in [0, 0.1) is 0 Å². The van der Waals surface area contributed by atoms with Gasteiger partial charge in [0.15, 0.2) is 5.15 Å². The van der Waals surface area contributed by atoms with Gasteiger partial charge in [0, 0.05) is 25.2 Å². The minimum Gasteiger partial charge on any atom is -0.487 e. The number of ether oxygens (including phenoxy) is 1. The number of hydrogen-bond donors (Lipinski definition) is 1. The summed E-state index contributed by atoms with van der Waals surface area (Å²) in [4.78, 5) is 17.5. The number of amides is 1. The molecule has 1 unspecified atom stereocenters. The third kappa shape index (κ3) is 3.49. The number of carbonyl (C=O) groups is 1. The molecular weight excluding hydrogens is 380 g/mol. The van der Waals surface area contributed by atoms with E-state index in [1.807, 2.05) is 31.3 Å². The fourth-order valence-corrected chi connectivity index (χ4v) is 4.00. The van der Waals surface area contributed by atoms with Crippen molar-refractivity contribution in [1.29, 1.82) is 0 Å². The normalized spacial score (nSPS) is 17.1. The molecular formula is C20H21ClN4O3. The van der Waals surface area contributed by atoms with Crippen molar-refractivity contribution in [2.75, 3.05) is 6.54 Å². The zero-order chi connectivity index (χ0) is 19.7. The van der Waals surface area contributed by atoms with Crippen molar-refractivity contribution in [3.8, 4) is 5.75 Å². The van der Waals surface area contributed by atoms with Crippen molar-refractivity contribution in [3.63, 3.8) is 0 Å². The molecule has 1 saturated heterocycles. The third-order valence-electron chi connectivity index (χ3n) is 5.13. The van der Waals surface area contributed by atoms with E-state index in [1.165, 1.54) is 4.90 Å². The monoisotopic (exact) mass is 400 g/mol. The summed E-state index contributed by atoms with van der Waals surface area (Å²) in [6, 6.07) is 9.25. The molecule has 0 aliphatic carbocycles. The van der Waals surface area contributed by atoms with Gasteiger partial charge in [0.25, 0.3) is 0 Å². The summed E-state index contributed by atoms with van der Waals surface area (Å²) >= 11 is 6.13. The highest BCUT2D eigenvalue weighted by Gasteiger charge is 2.30. The van der Waals surface area contributed by atoms with Crippen molar-refractivity contribution in [2.24, 2.45) is 7.05 Å². The molecule has 1 fully saturated rings. The van der Waals surface area contributed by atoms with E-state index in [2.05, 4.69) is 10.1 Å². The Labute approximate surface area is 167 Å². The van der Waals surface area contributed by atoms with Crippen LogP contribution < -0.4 is 4.74 Å². The molecule has 1 atom stereocenters. The number of hydrogen-bond acceptors (Lipinski definition) is 4. The summed E-state index contributed by atoms with van der Waals surface area (Å²) in [6.07, 6.45) is 3.36. The van der Waals surface area contributed by atoms with Crippen molar-refractivity contribution >= 4 is 28.6 Å². The van der Waals surface area contributed by atoms with Gasteiger partial charge in [0.1, 0.15) is 18.1 Å². The Bertz CT molecular complexity index is 1020. The average molecular weight is 401 g/mol. The van der Waals surface area contributed by atoms with Crippen LogP contribution in [0.3, 0.4) is 0 Å². The molecule has 1 aromatic carbocycles. The number of benzene rings is 1. The van der Waals surface area contributed by atoms with Gasteiger partial charge in [-0.15, -0.1) is 0 Å². The highest BCUT2D eigenvalue weighted by atomic mass is 35.5. The maximum absolute atomic E-state index is 11.6. The van der Waals surface area contributed by atoms with Gasteiger partial charge in [0.2, 0.25) is 0 Å². The number of rotatable bonds is 4. The summed E-state index contributed by atoms with van der Waals surface area (Å²) in [5.41, 5.74) is 2.58. The largest absolute Gasteiger partial charge is 0.487 e. The Hall–Kier alpha value is -2.80. The maximum atomic E-state index is 11.6. The first-order chi connectivity index (χ1) is 13.5. The number of likely N-dealkylation sites (tertiary alicyclic amines) is 1. The molecule has 4 rings (SSSR count). The average Bonchev–Trinajstić information content (AvgIpc) is 3.00. The van der Waals surface area contributed by atoms with Crippen LogP contribution >= 0.6 is 11.6 Å². The number of nitrogens with zero attached hydrogens (tertiary/aromatic N) is 4. The molecule has 3 heterocycles. The van der Waals surface area contributed by atoms with Crippen molar-refractivity contribution in [2.45, 2.75) is 31.9 Å². The van der Waals surface area contributed by atoms with Gasteiger partial charge in [-0.3, -0.25) is 14.6 Å². The van der Waals surface area contributed by atoms with Gasteiger partial charge in [-0.2, -0.15) is 5.10 Å². The zero-order valence-electron chi connectivity index (χ0n) is 15.5. The predicted octanol–water partition coefficient (Wildman–Crippen LogP) is 4.41. The summed E-state index contributed by atoms with van der Waals surface area (Å²) in [7, 11) is 1.85. The first-order valence-corrected chi connectivity index (χ1v) is 9.61. The minimum absolute atomic E-state index is 0.277. The molecule has 0 spiro atoms. The molecule has 3 aromatic rings. The quantitative estimate of drug-likeness (QED) is 0.701. The van der Waals surface area contributed by atoms with Crippen molar-refractivity contribution in [1.82, 2.24) is 19.7 Å². The number of halogens is 1.